The molecule has 0 radical (unpaired) electrons. The van der Waals surface area contributed by atoms with Crippen molar-refractivity contribution in [2.45, 2.75) is 51.0 Å². The highest BCUT2D eigenvalue weighted by Gasteiger charge is 2.31. The molecule has 0 aromatic heterocycles. The van der Waals surface area contributed by atoms with Crippen LogP contribution in [-0.4, -0.2) is 56.7 Å². The van der Waals surface area contributed by atoms with Gasteiger partial charge < -0.3 is 43.3 Å². The number of hydrogen-bond donors (Lipinski definition) is 1. The summed E-state index contributed by atoms with van der Waals surface area (Å²) < 4.78 is 38.5. The molecule has 0 aliphatic carbocycles. The number of unbranched alkanes of at least 4 members (excludes halogenated alkanes) is 5. The molecule has 0 aliphatic rings. The lowest BCUT2D eigenvalue weighted by Gasteiger charge is -2.33. The first kappa shape index (κ1) is 35.1. The van der Waals surface area contributed by atoms with Crippen LogP contribution in [0, 0.1) is 11.6 Å². The van der Waals surface area contributed by atoms with Crippen molar-refractivity contribution in [2.24, 2.45) is 0 Å². The molecule has 6 nitrogen and oxygen atoms in total. The number of benzene rings is 3. The van der Waals surface area contributed by atoms with Gasteiger partial charge in [-0.25, -0.2) is 13.6 Å². The fraction of sp³-hybridized carbons (Fsp3) is 0.394. The van der Waals surface area contributed by atoms with Gasteiger partial charge in [0.1, 0.15) is 11.5 Å². The van der Waals surface area contributed by atoms with E-state index in [2.05, 4.69) is 38.6 Å². The molecular formula is C33H41F2IN2O4. The molecule has 3 rings (SSSR count). The predicted octanol–water partition coefficient (Wildman–Crippen LogP) is 3.34. The van der Waals surface area contributed by atoms with E-state index in [4.69, 9.17) is 9.47 Å². The number of esters is 1. The first-order chi connectivity index (χ1) is 19.6. The van der Waals surface area contributed by atoms with Gasteiger partial charge in [0.2, 0.25) is 0 Å². The monoisotopic (exact) mass is 694 g/mol. The van der Waals surface area contributed by atoms with Gasteiger partial charge in [0, 0.05) is 13.0 Å². The summed E-state index contributed by atoms with van der Waals surface area (Å²) in [4.78, 5) is 25.0. The number of amides is 1. The van der Waals surface area contributed by atoms with Gasteiger partial charge >= 0.3 is 5.97 Å². The highest BCUT2D eigenvalue weighted by Crippen LogP contribution is 2.20. The summed E-state index contributed by atoms with van der Waals surface area (Å²) in [6.45, 7) is 1.26. The molecule has 0 spiro atoms. The fourth-order valence-corrected chi connectivity index (χ4v) is 4.44. The van der Waals surface area contributed by atoms with Crippen molar-refractivity contribution in [2.75, 3.05) is 34.3 Å². The van der Waals surface area contributed by atoms with Gasteiger partial charge in [-0.1, -0.05) is 62.1 Å². The Balaban J connectivity index is 0.00000616. The van der Waals surface area contributed by atoms with E-state index < -0.39 is 23.2 Å². The molecule has 42 heavy (non-hydrogen) atoms. The van der Waals surface area contributed by atoms with Crippen LogP contribution in [-0.2, 0) is 11.2 Å². The topological polar surface area (TPSA) is 64.6 Å². The van der Waals surface area contributed by atoms with Gasteiger partial charge in [-0.15, -0.1) is 0 Å². The van der Waals surface area contributed by atoms with Gasteiger partial charge in [-0.2, -0.15) is 0 Å². The zero-order valence-corrected chi connectivity index (χ0v) is 26.7. The molecule has 228 valence electrons. The maximum Gasteiger partial charge on any atom is 0.346 e. The van der Waals surface area contributed by atoms with E-state index in [1.165, 1.54) is 17.7 Å². The lowest BCUT2D eigenvalue weighted by atomic mass is 10.0. The van der Waals surface area contributed by atoms with E-state index in [1.54, 1.807) is 24.3 Å². The summed E-state index contributed by atoms with van der Waals surface area (Å²) in [5, 5.41) is 3.13. The van der Waals surface area contributed by atoms with E-state index in [0.29, 0.717) is 29.8 Å². The quantitative estimate of drug-likeness (QED) is 0.0823. The highest BCUT2D eigenvalue weighted by atomic mass is 127. The number of carbonyl (C=O) groups excluding carboxylic acids is 2. The molecule has 1 N–H and O–H groups in total. The zero-order chi connectivity index (χ0) is 29.7. The molecule has 0 bridgehead atoms. The summed E-state index contributed by atoms with van der Waals surface area (Å²) in [6.07, 6.45) is 6.89. The normalized spacial score (nSPS) is 11.7. The Morgan fingerprint density at radius 2 is 1.40 bits per heavy atom. The number of nitrogens with zero attached hydrogens (tertiary/aromatic N) is 1. The Bertz CT molecular complexity index is 1250. The molecule has 3 aromatic carbocycles. The molecule has 0 saturated heterocycles. The summed E-state index contributed by atoms with van der Waals surface area (Å²) in [6, 6.07) is 19.8. The van der Waals surface area contributed by atoms with Gasteiger partial charge in [-0.05, 0) is 54.8 Å². The van der Waals surface area contributed by atoms with Gasteiger partial charge in [-0.3, -0.25) is 4.79 Å². The summed E-state index contributed by atoms with van der Waals surface area (Å²) in [5.41, 5.74) is 0.713. The Kier molecular flexibility index (Phi) is 14.9. The highest BCUT2D eigenvalue weighted by molar-refractivity contribution is 5.91. The number of nitrogens with one attached hydrogen (secondary N) is 1. The van der Waals surface area contributed by atoms with E-state index in [1.807, 2.05) is 18.2 Å². The minimum atomic E-state index is -1.23. The average molecular weight is 695 g/mol. The third-order valence-electron chi connectivity index (χ3n) is 6.85. The molecule has 0 aliphatic heterocycles. The first-order valence-corrected chi connectivity index (χ1v) is 14.2. The third-order valence-corrected chi connectivity index (χ3v) is 6.85. The van der Waals surface area contributed by atoms with Crippen molar-refractivity contribution in [3.63, 3.8) is 0 Å². The second-order valence-electron chi connectivity index (χ2n) is 11.0. The number of rotatable bonds is 16. The Hall–Kier alpha value is -3.05. The minimum Gasteiger partial charge on any atom is -1.00 e. The first-order valence-electron chi connectivity index (χ1n) is 14.2. The van der Waals surface area contributed by atoms with Crippen LogP contribution in [0.15, 0.2) is 72.8 Å². The Morgan fingerprint density at radius 1 is 0.786 bits per heavy atom. The molecule has 1 atom stereocenters. The van der Waals surface area contributed by atoms with Gasteiger partial charge in [0.05, 0.1) is 33.3 Å². The second-order valence-corrected chi connectivity index (χ2v) is 11.0. The molecule has 0 fully saturated rings. The van der Waals surface area contributed by atoms with Crippen molar-refractivity contribution in [1.82, 2.24) is 5.32 Å². The number of ether oxygens (including phenoxy) is 2. The lowest BCUT2D eigenvalue weighted by Crippen LogP contribution is -3.00. The molecule has 3 aromatic rings. The molecular weight excluding hydrogens is 653 g/mol. The van der Waals surface area contributed by atoms with Crippen LogP contribution in [0.4, 0.5) is 8.78 Å². The average Bonchev–Trinajstić information content (AvgIpc) is 2.94. The van der Waals surface area contributed by atoms with E-state index in [-0.39, 0.29) is 41.7 Å². The summed E-state index contributed by atoms with van der Waals surface area (Å²) in [5.74, 6) is -2.34. The zero-order valence-electron chi connectivity index (χ0n) is 24.6. The van der Waals surface area contributed by atoms with Crippen molar-refractivity contribution in [3.8, 4) is 11.5 Å². The van der Waals surface area contributed by atoms with Gasteiger partial charge in [0.25, 0.3) is 5.91 Å². The summed E-state index contributed by atoms with van der Waals surface area (Å²) in [7, 11) is 6.18. The Labute approximate surface area is 265 Å². The van der Waals surface area contributed by atoms with Crippen molar-refractivity contribution in [3.05, 3.63) is 95.6 Å². The van der Waals surface area contributed by atoms with Crippen LogP contribution in [0.25, 0.3) is 0 Å². The van der Waals surface area contributed by atoms with Crippen LogP contribution in [0.3, 0.4) is 0 Å². The van der Waals surface area contributed by atoms with Gasteiger partial charge in [0.15, 0.2) is 17.7 Å². The second kappa shape index (κ2) is 17.8. The standard InChI is InChI=1S/C33H40F2N2O4.HI/c1-37(2,3)30(24-25-14-9-8-10-15-25)32(38)36-22-11-6-4-5-7-12-23-40-26-18-20-27(21-19-26)41-33(39)28-16-13-17-29(34)31(28)35;/h8-10,13-21,30H,4-7,11-12,22-24H2,1-3H3;1H. The molecule has 1 amide bonds. The van der Waals surface area contributed by atoms with Crippen LogP contribution in [0.1, 0.15) is 54.4 Å². The van der Waals surface area contributed by atoms with Crippen LogP contribution < -0.4 is 38.8 Å². The molecule has 0 heterocycles. The van der Waals surface area contributed by atoms with E-state index >= 15 is 0 Å². The largest absolute Gasteiger partial charge is 1.00 e. The predicted molar refractivity (Wildman–Crippen MR) is 156 cm³/mol. The van der Waals surface area contributed by atoms with Crippen LogP contribution in [0.5, 0.6) is 11.5 Å². The molecule has 0 saturated carbocycles. The SMILES string of the molecule is C[N+](C)(C)C(Cc1ccccc1)C(=O)NCCCCCCCCOc1ccc(OC(=O)c2cccc(F)c2F)cc1.[I-]. The fourth-order valence-electron chi connectivity index (χ4n) is 4.44. The number of hydrogen-bond acceptors (Lipinski definition) is 4. The van der Waals surface area contributed by atoms with Crippen molar-refractivity contribution >= 4 is 11.9 Å². The third kappa shape index (κ3) is 11.7. The Morgan fingerprint density at radius 3 is 2.07 bits per heavy atom. The van der Waals surface area contributed by atoms with E-state index in [0.717, 1.165) is 44.6 Å². The number of likely N-dealkylation sites (N-methyl/N-ethyl adjacent to an activating group) is 1. The molecule has 9 heteroatoms. The van der Waals surface area contributed by atoms with Crippen LogP contribution >= 0.6 is 0 Å². The smallest absolute Gasteiger partial charge is 0.346 e. The molecule has 1 unspecified atom stereocenters. The van der Waals surface area contributed by atoms with E-state index in [9.17, 15) is 18.4 Å². The lowest BCUT2D eigenvalue weighted by molar-refractivity contribution is -0.886. The summed E-state index contributed by atoms with van der Waals surface area (Å²) >= 11 is 0. The number of halogens is 3. The van der Waals surface area contributed by atoms with Crippen molar-refractivity contribution < 1.29 is 56.3 Å². The maximum absolute atomic E-state index is 13.8. The maximum atomic E-state index is 13.8. The number of carbonyl (C=O) groups is 2. The van der Waals surface area contributed by atoms with Crippen LogP contribution in [0.2, 0.25) is 0 Å². The number of quaternary nitrogens is 1. The van der Waals surface area contributed by atoms with Crippen molar-refractivity contribution in [1.29, 1.82) is 0 Å². The minimum absolute atomic E-state index is 0.